The zero-order chi connectivity index (χ0) is 14.8. The number of carbonyl (C=O) groups is 2. The summed E-state index contributed by atoms with van der Waals surface area (Å²) >= 11 is 5.94. The number of rotatable bonds is 4. The van der Waals surface area contributed by atoms with E-state index in [9.17, 15) is 9.59 Å². The topological polar surface area (TPSA) is 66.8 Å². The van der Waals surface area contributed by atoms with E-state index in [1.165, 1.54) is 0 Å². The molecule has 0 saturated carbocycles. The average molecular weight is 298 g/mol. The van der Waals surface area contributed by atoms with Crippen LogP contribution in [0.15, 0.2) is 24.3 Å². The molecule has 2 rings (SSSR count). The number of morpholine rings is 1. The molecule has 1 unspecified atom stereocenters. The normalized spacial score (nSPS) is 22.9. The number of carbonyl (C=O) groups excluding carboxylic acids is 1. The van der Waals surface area contributed by atoms with Gasteiger partial charge in [-0.15, -0.1) is 0 Å². The Morgan fingerprint density at radius 3 is 2.95 bits per heavy atom. The fourth-order valence-corrected chi connectivity index (χ4v) is 2.37. The number of hydrogen-bond donors (Lipinski definition) is 1. The molecule has 1 aliphatic rings. The van der Waals surface area contributed by atoms with Gasteiger partial charge in [-0.2, -0.15) is 0 Å². The SMILES string of the molecule is CC1(CCC(=O)O)CN(c2cccc(Cl)c2)C(=O)CO1. The van der Waals surface area contributed by atoms with Crippen LogP contribution in [0.2, 0.25) is 5.02 Å². The van der Waals surface area contributed by atoms with Crippen LogP contribution in [-0.4, -0.2) is 35.7 Å². The molecule has 1 heterocycles. The predicted octanol–water partition coefficient (Wildman–Crippen LogP) is 2.33. The summed E-state index contributed by atoms with van der Waals surface area (Å²) in [7, 11) is 0. The Kier molecular flexibility index (Phi) is 4.30. The monoisotopic (exact) mass is 297 g/mol. The summed E-state index contributed by atoms with van der Waals surface area (Å²) in [4.78, 5) is 24.3. The highest BCUT2D eigenvalue weighted by atomic mass is 35.5. The Morgan fingerprint density at radius 1 is 1.55 bits per heavy atom. The molecule has 1 amide bonds. The Hall–Kier alpha value is -1.59. The first-order valence-corrected chi connectivity index (χ1v) is 6.69. The van der Waals surface area contributed by atoms with E-state index in [1.54, 1.807) is 29.2 Å². The maximum absolute atomic E-state index is 12.0. The zero-order valence-corrected chi connectivity index (χ0v) is 11.9. The highest BCUT2D eigenvalue weighted by Gasteiger charge is 2.36. The molecule has 1 aliphatic heterocycles. The Morgan fingerprint density at radius 2 is 2.30 bits per heavy atom. The molecule has 1 atom stereocenters. The second-order valence-corrected chi connectivity index (χ2v) is 5.53. The van der Waals surface area contributed by atoms with E-state index in [4.69, 9.17) is 21.4 Å². The van der Waals surface area contributed by atoms with Crippen molar-refractivity contribution in [3.8, 4) is 0 Å². The minimum absolute atomic E-state index is 0.00801. The molecule has 1 N–H and O–H groups in total. The quantitative estimate of drug-likeness (QED) is 0.926. The molecule has 1 aromatic carbocycles. The van der Waals surface area contributed by atoms with Crippen LogP contribution in [0.4, 0.5) is 5.69 Å². The minimum Gasteiger partial charge on any atom is -0.481 e. The van der Waals surface area contributed by atoms with Crippen LogP contribution in [0.5, 0.6) is 0 Å². The maximum Gasteiger partial charge on any atom is 0.303 e. The summed E-state index contributed by atoms with van der Waals surface area (Å²) < 4.78 is 5.52. The number of carboxylic acid groups (broad SMARTS) is 1. The van der Waals surface area contributed by atoms with Crippen molar-refractivity contribution in [2.75, 3.05) is 18.1 Å². The third kappa shape index (κ3) is 3.49. The molecular weight excluding hydrogens is 282 g/mol. The number of anilines is 1. The third-order valence-electron chi connectivity index (χ3n) is 3.33. The largest absolute Gasteiger partial charge is 0.481 e. The number of carboxylic acids is 1. The second-order valence-electron chi connectivity index (χ2n) is 5.09. The average Bonchev–Trinajstić information content (AvgIpc) is 2.40. The second kappa shape index (κ2) is 5.81. The summed E-state index contributed by atoms with van der Waals surface area (Å²) in [6, 6.07) is 7.02. The molecule has 1 saturated heterocycles. The van der Waals surface area contributed by atoms with Gasteiger partial charge in [0.15, 0.2) is 0 Å². The van der Waals surface area contributed by atoms with Crippen LogP contribution in [0.3, 0.4) is 0 Å². The van der Waals surface area contributed by atoms with Gasteiger partial charge in [-0.3, -0.25) is 9.59 Å². The number of amides is 1. The van der Waals surface area contributed by atoms with Gasteiger partial charge in [0.2, 0.25) is 0 Å². The van der Waals surface area contributed by atoms with E-state index in [2.05, 4.69) is 0 Å². The van der Waals surface area contributed by atoms with Crippen molar-refractivity contribution in [2.45, 2.75) is 25.4 Å². The van der Waals surface area contributed by atoms with Gasteiger partial charge in [0, 0.05) is 17.1 Å². The van der Waals surface area contributed by atoms with Crippen LogP contribution in [0, 0.1) is 0 Å². The molecule has 0 aromatic heterocycles. The molecule has 0 spiro atoms. The van der Waals surface area contributed by atoms with Crippen molar-refractivity contribution in [3.05, 3.63) is 29.3 Å². The van der Waals surface area contributed by atoms with Gasteiger partial charge >= 0.3 is 5.97 Å². The molecule has 20 heavy (non-hydrogen) atoms. The van der Waals surface area contributed by atoms with Crippen molar-refractivity contribution in [1.29, 1.82) is 0 Å². The molecular formula is C14H16ClNO4. The number of ether oxygens (including phenoxy) is 1. The lowest BCUT2D eigenvalue weighted by Crippen LogP contribution is -2.53. The van der Waals surface area contributed by atoms with Crippen molar-refractivity contribution in [2.24, 2.45) is 0 Å². The summed E-state index contributed by atoms with van der Waals surface area (Å²) in [5, 5.41) is 9.33. The van der Waals surface area contributed by atoms with Crippen molar-refractivity contribution in [3.63, 3.8) is 0 Å². The molecule has 0 bridgehead atoms. The van der Waals surface area contributed by atoms with Gasteiger partial charge in [0.25, 0.3) is 5.91 Å². The standard InChI is InChI=1S/C14H16ClNO4/c1-14(6-5-13(18)19)9-16(12(17)8-20-14)11-4-2-3-10(15)7-11/h2-4,7H,5-6,8-9H2,1H3,(H,18,19). The maximum atomic E-state index is 12.0. The number of benzene rings is 1. The van der Waals surface area contributed by atoms with E-state index in [-0.39, 0.29) is 18.9 Å². The van der Waals surface area contributed by atoms with Gasteiger partial charge in [0.1, 0.15) is 6.61 Å². The summed E-state index contributed by atoms with van der Waals surface area (Å²) in [5.74, 6) is -1.03. The van der Waals surface area contributed by atoms with Crippen LogP contribution in [0.1, 0.15) is 19.8 Å². The third-order valence-corrected chi connectivity index (χ3v) is 3.56. The van der Waals surface area contributed by atoms with Gasteiger partial charge in [-0.05, 0) is 31.5 Å². The first kappa shape index (κ1) is 14.8. The van der Waals surface area contributed by atoms with Crippen molar-refractivity contribution >= 4 is 29.2 Å². The summed E-state index contributed by atoms with van der Waals surface area (Å²) in [6.45, 7) is 2.09. The smallest absolute Gasteiger partial charge is 0.303 e. The number of halogens is 1. The number of nitrogens with zero attached hydrogens (tertiary/aromatic N) is 1. The van der Waals surface area contributed by atoms with Gasteiger partial charge in [0.05, 0.1) is 12.1 Å². The van der Waals surface area contributed by atoms with Crippen LogP contribution >= 0.6 is 11.6 Å². The number of hydrogen-bond acceptors (Lipinski definition) is 3. The predicted molar refractivity (Wildman–Crippen MR) is 75.0 cm³/mol. The van der Waals surface area contributed by atoms with Gasteiger partial charge in [-0.25, -0.2) is 0 Å². The fourth-order valence-electron chi connectivity index (χ4n) is 2.18. The highest BCUT2D eigenvalue weighted by molar-refractivity contribution is 6.30. The molecule has 108 valence electrons. The van der Waals surface area contributed by atoms with Gasteiger partial charge < -0.3 is 14.7 Å². The minimum atomic E-state index is -0.874. The summed E-state index contributed by atoms with van der Waals surface area (Å²) in [6.07, 6.45) is 0.362. The zero-order valence-electron chi connectivity index (χ0n) is 11.1. The first-order chi connectivity index (χ1) is 9.39. The van der Waals surface area contributed by atoms with E-state index >= 15 is 0 Å². The molecule has 1 aromatic rings. The lowest BCUT2D eigenvalue weighted by molar-refractivity contribution is -0.142. The van der Waals surface area contributed by atoms with E-state index < -0.39 is 11.6 Å². The molecule has 0 aliphatic carbocycles. The Bertz CT molecular complexity index is 534. The summed E-state index contributed by atoms with van der Waals surface area (Å²) in [5.41, 5.74) is 0.0431. The van der Waals surface area contributed by atoms with Gasteiger partial charge in [-0.1, -0.05) is 17.7 Å². The lowest BCUT2D eigenvalue weighted by Gasteiger charge is -2.40. The first-order valence-electron chi connectivity index (χ1n) is 6.31. The molecule has 1 fully saturated rings. The Labute approximate surface area is 122 Å². The van der Waals surface area contributed by atoms with Crippen molar-refractivity contribution in [1.82, 2.24) is 0 Å². The lowest BCUT2D eigenvalue weighted by atomic mass is 9.97. The molecule has 6 heteroatoms. The highest BCUT2D eigenvalue weighted by Crippen LogP contribution is 2.28. The van der Waals surface area contributed by atoms with E-state index in [1.807, 2.05) is 6.92 Å². The fraction of sp³-hybridized carbons (Fsp3) is 0.429. The Balaban J connectivity index is 2.16. The van der Waals surface area contributed by atoms with E-state index in [0.717, 1.165) is 0 Å². The van der Waals surface area contributed by atoms with Crippen LogP contribution < -0.4 is 4.90 Å². The van der Waals surface area contributed by atoms with E-state index in [0.29, 0.717) is 23.7 Å². The van der Waals surface area contributed by atoms with Crippen molar-refractivity contribution < 1.29 is 19.4 Å². The molecule has 5 nitrogen and oxygen atoms in total. The van der Waals surface area contributed by atoms with Crippen LogP contribution in [0.25, 0.3) is 0 Å². The van der Waals surface area contributed by atoms with Crippen LogP contribution in [-0.2, 0) is 14.3 Å². The molecule has 0 radical (unpaired) electrons. The number of aliphatic carboxylic acids is 1.